The summed E-state index contributed by atoms with van der Waals surface area (Å²) in [5, 5.41) is 12.4. The van der Waals surface area contributed by atoms with Gasteiger partial charge in [0, 0.05) is 14.7 Å². The lowest BCUT2D eigenvalue weighted by Crippen LogP contribution is -2.33. The van der Waals surface area contributed by atoms with Crippen molar-refractivity contribution in [2.75, 3.05) is 13.2 Å². The molecule has 0 fully saturated rings. The lowest BCUT2D eigenvalue weighted by atomic mass is 10.1. The quantitative estimate of drug-likeness (QED) is 0.453. The average molecular weight is 401 g/mol. The number of hydrogen-bond donors (Lipinski definition) is 2. The number of carbonyl (C=O) groups excluding carboxylic acids is 3. The lowest BCUT2D eigenvalue weighted by Gasteiger charge is -2.05. The molecule has 2 N–H and O–H groups in total. The molecule has 1 aromatic carbocycles. The fourth-order valence-electron chi connectivity index (χ4n) is 1.98. The van der Waals surface area contributed by atoms with Crippen LogP contribution in [0.1, 0.15) is 22.8 Å². The van der Waals surface area contributed by atoms with E-state index in [0.717, 1.165) is 0 Å². The van der Waals surface area contributed by atoms with E-state index in [0.29, 0.717) is 9.13 Å². The van der Waals surface area contributed by atoms with E-state index in [1.165, 1.54) is 0 Å². The topological polar surface area (TPSA) is 92.7 Å². The number of amides is 1. The monoisotopic (exact) mass is 401 g/mol. The highest BCUT2D eigenvalue weighted by Gasteiger charge is 2.35. The van der Waals surface area contributed by atoms with E-state index in [1.54, 1.807) is 25.1 Å². The van der Waals surface area contributed by atoms with Gasteiger partial charge in [-0.25, -0.2) is 0 Å². The number of carbonyl (C=O) groups is 3. The number of nitrogens with one attached hydrogen (secondary N) is 1. The minimum Gasteiger partial charge on any atom is -0.506 e. The van der Waals surface area contributed by atoms with Crippen molar-refractivity contribution in [1.29, 1.82) is 0 Å². The van der Waals surface area contributed by atoms with Crippen LogP contribution in [0.15, 0.2) is 23.8 Å². The molecular formula is C14H12INO5. The van der Waals surface area contributed by atoms with Crippen molar-refractivity contribution in [2.45, 2.75) is 6.92 Å². The Kier molecular flexibility index (Phi) is 4.61. The number of ether oxygens (including phenoxy) is 1. The minimum absolute atomic E-state index is 0.200. The first-order valence-electron chi connectivity index (χ1n) is 6.18. The van der Waals surface area contributed by atoms with Crippen molar-refractivity contribution in [3.8, 4) is 0 Å². The third-order valence-corrected chi connectivity index (χ3v) is 3.78. The summed E-state index contributed by atoms with van der Waals surface area (Å²) in [6.07, 6.45) is 0. The van der Waals surface area contributed by atoms with Crippen LogP contribution in [-0.4, -0.2) is 35.9 Å². The second kappa shape index (κ2) is 6.25. The summed E-state index contributed by atoms with van der Waals surface area (Å²) in [5.74, 6) is -2.32. The van der Waals surface area contributed by atoms with E-state index >= 15 is 0 Å². The third kappa shape index (κ3) is 2.92. The number of rotatable bonds is 4. The first kappa shape index (κ1) is 15.5. The van der Waals surface area contributed by atoms with Crippen LogP contribution < -0.4 is 5.32 Å². The predicted molar refractivity (Wildman–Crippen MR) is 82.7 cm³/mol. The van der Waals surface area contributed by atoms with E-state index in [4.69, 9.17) is 0 Å². The van der Waals surface area contributed by atoms with E-state index in [9.17, 15) is 19.5 Å². The third-order valence-electron chi connectivity index (χ3n) is 2.88. The molecule has 1 aliphatic carbocycles. The van der Waals surface area contributed by atoms with Gasteiger partial charge in [0.15, 0.2) is 0 Å². The number of hydrogen-bond acceptors (Lipinski definition) is 5. The summed E-state index contributed by atoms with van der Waals surface area (Å²) < 4.78 is 5.34. The minimum atomic E-state index is -0.794. The number of benzene rings is 1. The average Bonchev–Trinajstić information content (AvgIpc) is 2.70. The SMILES string of the molecule is CCOC(=O)CNC(=O)C1=C(O)c2c(I)cccc2C1=O. The van der Waals surface area contributed by atoms with Gasteiger partial charge in [0.25, 0.3) is 5.91 Å². The van der Waals surface area contributed by atoms with Gasteiger partial charge in [0.1, 0.15) is 17.9 Å². The number of Topliss-reactive ketones (excluding diaryl/α,β-unsaturated/α-hetero) is 1. The number of ketones is 1. The Hall–Kier alpha value is -1.90. The fraction of sp³-hybridized carbons (Fsp3) is 0.214. The standard InChI is InChI=1S/C14H12INO5/c1-2-21-9(17)6-16-14(20)11-12(18)7-4-3-5-8(15)10(7)13(11)19/h3-5,19H,2,6H2,1H3,(H,16,20). The largest absolute Gasteiger partial charge is 0.506 e. The predicted octanol–water partition coefficient (Wildman–Crippen LogP) is 1.44. The van der Waals surface area contributed by atoms with Crippen LogP contribution in [0.25, 0.3) is 5.76 Å². The molecule has 0 saturated heterocycles. The highest BCUT2D eigenvalue weighted by atomic mass is 127. The molecule has 1 aliphatic rings. The van der Waals surface area contributed by atoms with E-state index in [-0.39, 0.29) is 30.0 Å². The Morgan fingerprint density at radius 3 is 2.71 bits per heavy atom. The molecule has 0 spiro atoms. The van der Waals surface area contributed by atoms with Gasteiger partial charge in [0.05, 0.1) is 6.61 Å². The molecule has 2 rings (SSSR count). The Labute approximate surface area is 134 Å². The van der Waals surface area contributed by atoms with Gasteiger partial charge < -0.3 is 15.2 Å². The summed E-state index contributed by atoms with van der Waals surface area (Å²) in [7, 11) is 0. The normalized spacial score (nSPS) is 13.1. The van der Waals surface area contributed by atoms with Crippen LogP contribution in [0.3, 0.4) is 0 Å². The highest BCUT2D eigenvalue weighted by Crippen LogP contribution is 2.34. The van der Waals surface area contributed by atoms with Gasteiger partial charge in [0.2, 0.25) is 5.78 Å². The van der Waals surface area contributed by atoms with Gasteiger partial charge in [-0.3, -0.25) is 14.4 Å². The molecule has 1 aromatic rings. The lowest BCUT2D eigenvalue weighted by molar-refractivity contribution is -0.143. The van der Waals surface area contributed by atoms with Crippen LogP contribution in [0, 0.1) is 3.57 Å². The molecule has 1 amide bonds. The molecule has 6 nitrogen and oxygen atoms in total. The number of aliphatic hydroxyl groups is 1. The molecule has 0 heterocycles. The molecule has 0 saturated carbocycles. The Bertz CT molecular complexity index is 665. The molecule has 21 heavy (non-hydrogen) atoms. The molecular weight excluding hydrogens is 389 g/mol. The first-order chi connectivity index (χ1) is 9.97. The first-order valence-corrected chi connectivity index (χ1v) is 7.25. The Morgan fingerprint density at radius 1 is 1.38 bits per heavy atom. The summed E-state index contributed by atoms with van der Waals surface area (Å²) in [6.45, 7) is 1.49. The zero-order valence-corrected chi connectivity index (χ0v) is 13.3. The molecule has 0 atom stereocenters. The number of fused-ring (bicyclic) bond motifs is 1. The van der Waals surface area contributed by atoms with Crippen molar-refractivity contribution < 1.29 is 24.2 Å². The maximum atomic E-state index is 12.2. The fourth-order valence-corrected chi connectivity index (χ4v) is 2.74. The Morgan fingerprint density at radius 2 is 2.10 bits per heavy atom. The zero-order chi connectivity index (χ0) is 15.6. The molecule has 7 heteroatoms. The molecule has 0 aliphatic heterocycles. The van der Waals surface area contributed by atoms with Crippen molar-refractivity contribution >= 4 is 46.0 Å². The van der Waals surface area contributed by atoms with E-state index in [1.807, 2.05) is 22.6 Å². The van der Waals surface area contributed by atoms with Crippen LogP contribution in [0.2, 0.25) is 0 Å². The highest BCUT2D eigenvalue weighted by molar-refractivity contribution is 14.1. The van der Waals surface area contributed by atoms with Crippen LogP contribution in [0.5, 0.6) is 0 Å². The summed E-state index contributed by atoms with van der Waals surface area (Å²) in [6, 6.07) is 4.94. The number of esters is 1. The van der Waals surface area contributed by atoms with Gasteiger partial charge in [-0.15, -0.1) is 0 Å². The van der Waals surface area contributed by atoms with Crippen LogP contribution >= 0.6 is 22.6 Å². The summed E-state index contributed by atoms with van der Waals surface area (Å²) in [5.41, 5.74) is 0.281. The maximum Gasteiger partial charge on any atom is 0.325 e. The van der Waals surface area contributed by atoms with Gasteiger partial charge in [-0.2, -0.15) is 0 Å². The van der Waals surface area contributed by atoms with E-state index in [2.05, 4.69) is 10.1 Å². The van der Waals surface area contributed by atoms with Crippen LogP contribution in [-0.2, 0) is 14.3 Å². The van der Waals surface area contributed by atoms with Gasteiger partial charge >= 0.3 is 5.97 Å². The second-order valence-electron chi connectivity index (χ2n) is 4.20. The van der Waals surface area contributed by atoms with Crippen molar-refractivity contribution in [3.63, 3.8) is 0 Å². The van der Waals surface area contributed by atoms with Crippen molar-refractivity contribution in [3.05, 3.63) is 38.5 Å². The molecule has 0 bridgehead atoms. The summed E-state index contributed by atoms with van der Waals surface area (Å²) >= 11 is 1.98. The van der Waals surface area contributed by atoms with Crippen molar-refractivity contribution in [1.82, 2.24) is 5.32 Å². The smallest absolute Gasteiger partial charge is 0.325 e. The van der Waals surface area contributed by atoms with Gasteiger partial charge in [-0.1, -0.05) is 12.1 Å². The molecule has 0 unspecified atom stereocenters. The molecule has 0 radical (unpaired) electrons. The second-order valence-corrected chi connectivity index (χ2v) is 5.37. The zero-order valence-electron chi connectivity index (χ0n) is 11.1. The number of aliphatic hydroxyl groups excluding tert-OH is 1. The maximum absolute atomic E-state index is 12.2. The molecule has 110 valence electrons. The van der Waals surface area contributed by atoms with Gasteiger partial charge in [-0.05, 0) is 35.6 Å². The number of halogens is 1. The Balaban J connectivity index is 2.21. The van der Waals surface area contributed by atoms with E-state index < -0.39 is 17.7 Å². The summed E-state index contributed by atoms with van der Waals surface area (Å²) in [4.78, 5) is 35.4. The van der Waals surface area contributed by atoms with Crippen molar-refractivity contribution in [2.24, 2.45) is 0 Å². The van der Waals surface area contributed by atoms with Crippen LogP contribution in [0.4, 0.5) is 0 Å². The molecule has 0 aromatic heterocycles.